The van der Waals surface area contributed by atoms with E-state index in [0.717, 1.165) is 18.4 Å². The van der Waals surface area contributed by atoms with Gasteiger partial charge in [0, 0.05) is 12.1 Å². The van der Waals surface area contributed by atoms with Crippen molar-refractivity contribution in [1.82, 2.24) is 10.2 Å². The molecule has 2 unspecified atom stereocenters. The van der Waals surface area contributed by atoms with Crippen molar-refractivity contribution in [2.45, 2.75) is 32.0 Å². The lowest BCUT2D eigenvalue weighted by Gasteiger charge is -2.19. The van der Waals surface area contributed by atoms with Crippen molar-refractivity contribution < 1.29 is 4.79 Å². The maximum absolute atomic E-state index is 12.0. The Morgan fingerprint density at radius 2 is 2.00 bits per heavy atom. The van der Waals surface area contributed by atoms with Crippen molar-refractivity contribution in [2.75, 3.05) is 7.05 Å². The fourth-order valence-corrected chi connectivity index (χ4v) is 2.33. The Morgan fingerprint density at radius 1 is 1.35 bits per heavy atom. The molecule has 0 radical (unpaired) electrons. The Hall–Kier alpha value is -1.06. The fraction of sp³-hybridized carbons (Fsp3) is 0.462. The largest absolute Gasteiger partial charge is 0.325 e. The number of amides is 1. The van der Waals surface area contributed by atoms with Crippen molar-refractivity contribution in [2.24, 2.45) is 0 Å². The molecule has 1 aliphatic heterocycles. The minimum absolute atomic E-state index is 0.0312. The van der Waals surface area contributed by atoms with Gasteiger partial charge in [-0.1, -0.05) is 37.1 Å². The van der Waals surface area contributed by atoms with Gasteiger partial charge >= 0.3 is 0 Å². The van der Waals surface area contributed by atoms with Crippen molar-refractivity contribution in [1.29, 1.82) is 0 Å². The maximum atomic E-state index is 12.0. The van der Waals surface area contributed by atoms with E-state index in [-0.39, 0.29) is 18.1 Å². The van der Waals surface area contributed by atoms with Crippen LogP contribution in [-0.4, -0.2) is 23.9 Å². The molecule has 1 aromatic carbocycles. The Morgan fingerprint density at radius 3 is 2.59 bits per heavy atom. The molecule has 2 rings (SSSR count). The average Bonchev–Trinajstić information content (AvgIpc) is 2.59. The summed E-state index contributed by atoms with van der Waals surface area (Å²) in [5.41, 5.74) is 1.07. The van der Waals surface area contributed by atoms with Crippen LogP contribution in [0.1, 0.15) is 31.5 Å². The molecule has 1 fully saturated rings. The number of hydrogen-bond donors (Lipinski definition) is 1. The summed E-state index contributed by atoms with van der Waals surface area (Å²) in [6, 6.07) is 7.57. The first-order chi connectivity index (χ1) is 8.13. The second kappa shape index (κ2) is 5.07. The van der Waals surface area contributed by atoms with E-state index in [0.29, 0.717) is 5.02 Å². The Bertz CT molecular complexity index is 404. The van der Waals surface area contributed by atoms with Crippen LogP contribution in [0.15, 0.2) is 24.3 Å². The standard InChI is InChI=1S/C13H17ClN2O/c1-3-4-11-13(17)16(2)12(15-11)9-5-7-10(14)8-6-9/h5-8,11-12,15H,3-4H2,1-2H3. The summed E-state index contributed by atoms with van der Waals surface area (Å²) >= 11 is 5.86. The monoisotopic (exact) mass is 252 g/mol. The number of hydrogen-bond acceptors (Lipinski definition) is 2. The molecule has 1 aliphatic rings. The van der Waals surface area contributed by atoms with E-state index in [2.05, 4.69) is 12.2 Å². The second-order valence-electron chi connectivity index (χ2n) is 4.41. The van der Waals surface area contributed by atoms with Crippen LogP contribution in [0.25, 0.3) is 0 Å². The van der Waals surface area contributed by atoms with Gasteiger partial charge in [0.05, 0.1) is 6.04 Å². The first kappa shape index (κ1) is 12.4. The van der Waals surface area contributed by atoms with Crippen LogP contribution in [0.4, 0.5) is 0 Å². The van der Waals surface area contributed by atoms with Crippen LogP contribution in [0.5, 0.6) is 0 Å². The van der Waals surface area contributed by atoms with E-state index in [9.17, 15) is 4.79 Å². The van der Waals surface area contributed by atoms with Gasteiger partial charge in [0.1, 0.15) is 6.17 Å². The third-order valence-electron chi connectivity index (χ3n) is 3.16. The van der Waals surface area contributed by atoms with Crippen LogP contribution >= 0.6 is 11.6 Å². The lowest BCUT2D eigenvalue weighted by molar-refractivity contribution is -0.128. The highest BCUT2D eigenvalue weighted by atomic mass is 35.5. The van der Waals surface area contributed by atoms with Crippen molar-refractivity contribution >= 4 is 17.5 Å². The van der Waals surface area contributed by atoms with Crippen molar-refractivity contribution in [3.05, 3.63) is 34.9 Å². The Balaban J connectivity index is 2.17. The molecule has 0 aromatic heterocycles. The van der Waals surface area contributed by atoms with Gasteiger partial charge in [0.2, 0.25) is 5.91 Å². The number of likely N-dealkylation sites (N-methyl/N-ethyl adjacent to an activating group) is 1. The number of rotatable bonds is 3. The van der Waals surface area contributed by atoms with E-state index >= 15 is 0 Å². The van der Waals surface area contributed by atoms with Gasteiger partial charge in [0.15, 0.2) is 0 Å². The fourth-order valence-electron chi connectivity index (χ4n) is 2.21. The number of halogens is 1. The van der Waals surface area contributed by atoms with Gasteiger partial charge in [-0.15, -0.1) is 0 Å². The Kier molecular flexibility index (Phi) is 3.69. The topological polar surface area (TPSA) is 32.3 Å². The van der Waals surface area contributed by atoms with Crippen LogP contribution in [0.3, 0.4) is 0 Å². The van der Waals surface area contributed by atoms with Crippen LogP contribution in [0, 0.1) is 0 Å². The molecule has 4 heteroatoms. The van der Waals surface area contributed by atoms with Crippen LogP contribution < -0.4 is 5.32 Å². The van der Waals surface area contributed by atoms with Gasteiger partial charge in [-0.3, -0.25) is 10.1 Å². The lowest BCUT2D eigenvalue weighted by atomic mass is 10.1. The predicted molar refractivity (Wildman–Crippen MR) is 68.8 cm³/mol. The molecule has 1 N–H and O–H groups in total. The van der Waals surface area contributed by atoms with E-state index in [4.69, 9.17) is 11.6 Å². The highest BCUT2D eigenvalue weighted by Gasteiger charge is 2.36. The maximum Gasteiger partial charge on any atom is 0.241 e. The third kappa shape index (κ3) is 2.45. The normalized spacial score (nSPS) is 24.4. The predicted octanol–water partition coefficient (Wildman–Crippen LogP) is 2.57. The molecule has 17 heavy (non-hydrogen) atoms. The van der Waals surface area contributed by atoms with Crippen molar-refractivity contribution in [3.8, 4) is 0 Å². The average molecular weight is 253 g/mol. The first-order valence-corrected chi connectivity index (χ1v) is 6.29. The summed E-state index contributed by atoms with van der Waals surface area (Å²) in [5.74, 6) is 0.173. The van der Waals surface area contributed by atoms with E-state index in [1.165, 1.54) is 0 Å². The van der Waals surface area contributed by atoms with Crippen LogP contribution in [0.2, 0.25) is 5.02 Å². The summed E-state index contributed by atoms with van der Waals surface area (Å²) in [6.45, 7) is 2.09. The minimum atomic E-state index is -0.0503. The molecule has 0 aliphatic carbocycles. The highest BCUT2D eigenvalue weighted by Crippen LogP contribution is 2.26. The van der Waals surface area contributed by atoms with Crippen molar-refractivity contribution in [3.63, 3.8) is 0 Å². The number of nitrogens with zero attached hydrogens (tertiary/aromatic N) is 1. The molecule has 2 atom stereocenters. The van der Waals surface area contributed by atoms with Crippen LogP contribution in [-0.2, 0) is 4.79 Å². The summed E-state index contributed by atoms with van der Waals surface area (Å²) < 4.78 is 0. The molecular formula is C13H17ClN2O. The van der Waals surface area contributed by atoms with Gasteiger partial charge in [0.25, 0.3) is 0 Å². The first-order valence-electron chi connectivity index (χ1n) is 5.91. The number of benzene rings is 1. The van der Waals surface area contributed by atoms with E-state index in [1.54, 1.807) is 4.90 Å². The SMILES string of the molecule is CCCC1NC(c2ccc(Cl)cc2)N(C)C1=O. The second-order valence-corrected chi connectivity index (χ2v) is 4.85. The minimum Gasteiger partial charge on any atom is -0.325 e. The molecule has 3 nitrogen and oxygen atoms in total. The van der Waals surface area contributed by atoms with E-state index < -0.39 is 0 Å². The Labute approximate surface area is 107 Å². The van der Waals surface area contributed by atoms with E-state index in [1.807, 2.05) is 31.3 Å². The molecule has 0 saturated carbocycles. The zero-order valence-corrected chi connectivity index (χ0v) is 10.9. The molecule has 92 valence electrons. The quantitative estimate of drug-likeness (QED) is 0.897. The number of carbonyl (C=O) groups excluding carboxylic acids is 1. The molecule has 1 heterocycles. The zero-order chi connectivity index (χ0) is 12.4. The van der Waals surface area contributed by atoms with Gasteiger partial charge in [-0.25, -0.2) is 0 Å². The number of nitrogens with one attached hydrogen (secondary N) is 1. The number of carbonyl (C=O) groups is 1. The summed E-state index contributed by atoms with van der Waals surface area (Å²) in [6.07, 6.45) is 1.86. The zero-order valence-electron chi connectivity index (χ0n) is 10.1. The summed E-state index contributed by atoms with van der Waals surface area (Å²) in [7, 11) is 1.84. The molecule has 1 saturated heterocycles. The summed E-state index contributed by atoms with van der Waals surface area (Å²) in [4.78, 5) is 13.8. The molecule has 1 amide bonds. The van der Waals surface area contributed by atoms with Gasteiger partial charge in [-0.05, 0) is 24.1 Å². The molecule has 1 aromatic rings. The van der Waals surface area contributed by atoms with Gasteiger partial charge < -0.3 is 4.90 Å². The molecular weight excluding hydrogens is 236 g/mol. The summed E-state index contributed by atoms with van der Waals surface area (Å²) in [5, 5.41) is 4.07. The lowest BCUT2D eigenvalue weighted by Crippen LogP contribution is -2.28. The molecule has 0 bridgehead atoms. The third-order valence-corrected chi connectivity index (χ3v) is 3.41. The smallest absolute Gasteiger partial charge is 0.241 e. The van der Waals surface area contributed by atoms with Gasteiger partial charge in [-0.2, -0.15) is 0 Å². The molecule has 0 spiro atoms. The highest BCUT2D eigenvalue weighted by molar-refractivity contribution is 6.30.